The van der Waals surface area contributed by atoms with Gasteiger partial charge in [-0.1, -0.05) is 62.2 Å². The van der Waals surface area contributed by atoms with Gasteiger partial charge in [0.15, 0.2) is 0 Å². The highest BCUT2D eigenvalue weighted by Gasteiger charge is 2.42. The van der Waals surface area contributed by atoms with E-state index in [9.17, 15) is 19.5 Å². The van der Waals surface area contributed by atoms with Crippen LogP contribution in [0.5, 0.6) is 5.75 Å². The van der Waals surface area contributed by atoms with Gasteiger partial charge in [-0.25, -0.2) is 4.79 Å². The van der Waals surface area contributed by atoms with Crippen LogP contribution in [-0.4, -0.2) is 52.1 Å². The third-order valence-corrected chi connectivity index (χ3v) is 6.79. The number of benzene rings is 2. The van der Waals surface area contributed by atoms with Gasteiger partial charge in [-0.15, -0.1) is 0 Å². The van der Waals surface area contributed by atoms with Crippen LogP contribution in [0.3, 0.4) is 0 Å². The molecule has 2 aromatic rings. The maximum absolute atomic E-state index is 14.4. The lowest BCUT2D eigenvalue weighted by Gasteiger charge is -2.43. The predicted octanol–water partition coefficient (Wildman–Crippen LogP) is 5.26. The minimum Gasteiger partial charge on any atom is -0.508 e. The zero-order valence-corrected chi connectivity index (χ0v) is 23.6. The maximum atomic E-state index is 14.4. The zero-order chi connectivity index (χ0) is 28.4. The van der Waals surface area contributed by atoms with E-state index in [1.54, 1.807) is 37.8 Å². The molecule has 1 fully saturated rings. The largest absolute Gasteiger partial charge is 0.508 e. The number of alkyl carbamates (subject to hydrolysis) is 1. The minimum atomic E-state index is -0.949. The maximum Gasteiger partial charge on any atom is 0.408 e. The number of carbonyl (C=O) groups excluding carboxylic acids is 3. The summed E-state index contributed by atoms with van der Waals surface area (Å²) in [6, 6.07) is 13.9. The second-order valence-electron chi connectivity index (χ2n) is 11.2. The molecule has 0 bridgehead atoms. The van der Waals surface area contributed by atoms with Gasteiger partial charge >= 0.3 is 6.09 Å². The number of rotatable bonds is 12. The van der Waals surface area contributed by atoms with Crippen molar-refractivity contribution in [3.63, 3.8) is 0 Å². The molecule has 3 amide bonds. The molecule has 3 N–H and O–H groups in total. The molecule has 3 rings (SSSR count). The van der Waals surface area contributed by atoms with Gasteiger partial charge in [0.1, 0.15) is 23.4 Å². The Kier molecular flexibility index (Phi) is 10.8. The Morgan fingerprint density at radius 2 is 1.77 bits per heavy atom. The van der Waals surface area contributed by atoms with Crippen LogP contribution in [0.2, 0.25) is 0 Å². The number of hydrogen-bond acceptors (Lipinski definition) is 5. The number of unbranched alkanes of at least 4 members (excludes halogenated alkanes) is 2. The summed E-state index contributed by atoms with van der Waals surface area (Å²) in [6.45, 7) is 7.89. The molecule has 1 aliphatic carbocycles. The molecule has 0 aromatic heterocycles. The number of nitrogens with one attached hydrogen (secondary N) is 2. The number of nitrogens with zero attached hydrogens (tertiary/aromatic N) is 1. The van der Waals surface area contributed by atoms with E-state index in [2.05, 4.69) is 17.6 Å². The SMILES string of the molecule is CCCCCNC(=O)C(c1cccc(O)c1)N(C(=O)C(Cc1ccccc1)NC(=O)OC(C)(C)C)C1CCC1. The number of amides is 3. The molecular formula is C31H43N3O5. The summed E-state index contributed by atoms with van der Waals surface area (Å²) in [5.41, 5.74) is 0.665. The van der Waals surface area contributed by atoms with Crippen molar-refractivity contribution >= 4 is 17.9 Å². The third kappa shape index (κ3) is 9.01. The van der Waals surface area contributed by atoms with Crippen molar-refractivity contribution in [2.24, 2.45) is 0 Å². The lowest BCUT2D eigenvalue weighted by atomic mass is 9.87. The quantitative estimate of drug-likeness (QED) is 0.320. The van der Waals surface area contributed by atoms with Crippen LogP contribution >= 0.6 is 0 Å². The molecule has 2 atom stereocenters. The Balaban J connectivity index is 1.98. The molecule has 0 saturated heterocycles. The van der Waals surface area contributed by atoms with Gasteiger partial charge in [-0.05, 0) is 69.7 Å². The summed E-state index contributed by atoms with van der Waals surface area (Å²) in [4.78, 5) is 42.5. The number of phenols is 1. The predicted molar refractivity (Wildman–Crippen MR) is 151 cm³/mol. The molecule has 0 spiro atoms. The third-order valence-electron chi connectivity index (χ3n) is 6.79. The fourth-order valence-corrected chi connectivity index (χ4v) is 4.68. The molecule has 0 heterocycles. The lowest BCUT2D eigenvalue weighted by Crippen LogP contribution is -2.58. The molecule has 8 nitrogen and oxygen atoms in total. The van der Waals surface area contributed by atoms with Crippen LogP contribution in [-0.2, 0) is 20.7 Å². The number of phenolic OH excluding ortho intramolecular Hbond substituents is 1. The molecular weight excluding hydrogens is 494 g/mol. The van der Waals surface area contributed by atoms with Crippen molar-refractivity contribution in [3.8, 4) is 5.75 Å². The van der Waals surface area contributed by atoms with Crippen LogP contribution in [0.15, 0.2) is 54.6 Å². The molecule has 0 radical (unpaired) electrons. The van der Waals surface area contributed by atoms with Crippen LogP contribution in [0, 0.1) is 0 Å². The summed E-state index contributed by atoms with van der Waals surface area (Å²) in [7, 11) is 0. The van der Waals surface area contributed by atoms with Gasteiger partial charge in [-0.2, -0.15) is 0 Å². The standard InChI is InChI=1S/C31H43N3O5/c1-5-6-10-19-32-28(36)27(23-15-11-18-25(35)21-23)34(24-16-12-17-24)29(37)26(20-22-13-8-7-9-14-22)33-30(38)39-31(2,3)4/h7-9,11,13-15,18,21,24,26-27,35H,5-6,10,12,16-17,19-20H2,1-4H3,(H,32,36)(H,33,38). The van der Waals surface area contributed by atoms with E-state index in [1.807, 2.05) is 30.3 Å². The fraction of sp³-hybridized carbons (Fsp3) is 0.516. The Morgan fingerprint density at radius 3 is 2.36 bits per heavy atom. The van der Waals surface area contributed by atoms with Crippen molar-refractivity contribution in [3.05, 3.63) is 65.7 Å². The fourth-order valence-electron chi connectivity index (χ4n) is 4.68. The Bertz CT molecular complexity index is 1090. The average molecular weight is 538 g/mol. The van der Waals surface area contributed by atoms with Crippen LogP contribution in [0.25, 0.3) is 0 Å². The highest BCUT2D eigenvalue weighted by atomic mass is 16.6. The second-order valence-corrected chi connectivity index (χ2v) is 11.2. The first-order valence-corrected chi connectivity index (χ1v) is 14.0. The van der Waals surface area contributed by atoms with E-state index < -0.39 is 23.8 Å². The molecule has 2 aromatic carbocycles. The summed E-state index contributed by atoms with van der Waals surface area (Å²) < 4.78 is 5.49. The smallest absolute Gasteiger partial charge is 0.408 e. The van der Waals surface area contributed by atoms with Crippen molar-refractivity contribution in [1.29, 1.82) is 0 Å². The van der Waals surface area contributed by atoms with E-state index in [0.717, 1.165) is 44.1 Å². The van der Waals surface area contributed by atoms with Crippen LogP contribution in [0.4, 0.5) is 4.79 Å². The van der Waals surface area contributed by atoms with E-state index in [4.69, 9.17) is 4.74 Å². The number of carbonyl (C=O) groups is 3. The van der Waals surface area contributed by atoms with Gasteiger partial charge in [-0.3, -0.25) is 9.59 Å². The highest BCUT2D eigenvalue weighted by Crippen LogP contribution is 2.35. The number of ether oxygens (including phenoxy) is 1. The average Bonchev–Trinajstić information content (AvgIpc) is 2.84. The normalized spacial score (nSPS) is 15.0. The molecule has 2 unspecified atom stereocenters. The molecule has 8 heteroatoms. The summed E-state index contributed by atoms with van der Waals surface area (Å²) in [5.74, 6) is -0.635. The van der Waals surface area contributed by atoms with Crippen LogP contribution in [0.1, 0.15) is 83.4 Å². The number of aromatic hydroxyl groups is 1. The van der Waals surface area contributed by atoms with Gasteiger partial charge in [0.25, 0.3) is 0 Å². The monoisotopic (exact) mass is 537 g/mol. The van der Waals surface area contributed by atoms with Crippen molar-refractivity contribution in [1.82, 2.24) is 15.5 Å². The molecule has 1 aliphatic rings. The molecule has 1 saturated carbocycles. The first-order chi connectivity index (χ1) is 18.6. The summed E-state index contributed by atoms with van der Waals surface area (Å²) in [6.07, 6.45) is 4.86. The molecule has 39 heavy (non-hydrogen) atoms. The molecule has 212 valence electrons. The van der Waals surface area contributed by atoms with Crippen molar-refractivity contribution in [2.45, 2.75) is 96.4 Å². The topological polar surface area (TPSA) is 108 Å². The van der Waals surface area contributed by atoms with Crippen molar-refractivity contribution in [2.75, 3.05) is 6.54 Å². The second kappa shape index (κ2) is 14.0. The zero-order valence-electron chi connectivity index (χ0n) is 23.6. The van der Waals surface area contributed by atoms with Gasteiger partial charge in [0, 0.05) is 19.0 Å². The Hall–Kier alpha value is -3.55. The van der Waals surface area contributed by atoms with Gasteiger partial charge in [0.05, 0.1) is 0 Å². The number of hydrogen-bond donors (Lipinski definition) is 3. The van der Waals surface area contributed by atoms with Crippen molar-refractivity contribution < 1.29 is 24.2 Å². The summed E-state index contributed by atoms with van der Waals surface area (Å²) >= 11 is 0. The van der Waals surface area contributed by atoms with Crippen LogP contribution < -0.4 is 10.6 Å². The Labute approximate surface area is 232 Å². The van der Waals surface area contributed by atoms with E-state index in [-0.39, 0.29) is 30.0 Å². The first kappa shape index (κ1) is 30.0. The van der Waals surface area contributed by atoms with E-state index in [0.29, 0.717) is 12.1 Å². The van der Waals surface area contributed by atoms with E-state index in [1.165, 1.54) is 12.1 Å². The highest BCUT2D eigenvalue weighted by molar-refractivity contribution is 5.92. The Morgan fingerprint density at radius 1 is 1.05 bits per heavy atom. The first-order valence-electron chi connectivity index (χ1n) is 14.0. The van der Waals surface area contributed by atoms with Gasteiger partial charge in [0.2, 0.25) is 11.8 Å². The summed E-state index contributed by atoms with van der Waals surface area (Å²) in [5, 5.41) is 16.0. The minimum absolute atomic E-state index is 0.0185. The molecule has 0 aliphatic heterocycles. The lowest BCUT2D eigenvalue weighted by molar-refractivity contribution is -0.147. The van der Waals surface area contributed by atoms with Gasteiger partial charge < -0.3 is 25.4 Å². The van der Waals surface area contributed by atoms with E-state index >= 15 is 0 Å².